The molecule has 180 valence electrons. The van der Waals surface area contributed by atoms with Gasteiger partial charge in [-0.2, -0.15) is 0 Å². The molecule has 0 heterocycles. The molecular formula is C24H32ClN3O4S. The maximum atomic E-state index is 13.4. The number of anilines is 1. The number of unbranched alkanes of at least 4 members (excludes halogenated alkanes) is 1. The third-order valence-electron chi connectivity index (χ3n) is 5.23. The van der Waals surface area contributed by atoms with E-state index in [9.17, 15) is 18.0 Å². The predicted molar refractivity (Wildman–Crippen MR) is 133 cm³/mol. The summed E-state index contributed by atoms with van der Waals surface area (Å²) in [6, 6.07) is 13.1. The fourth-order valence-corrected chi connectivity index (χ4v) is 4.32. The predicted octanol–water partition coefficient (Wildman–Crippen LogP) is 3.75. The van der Waals surface area contributed by atoms with Gasteiger partial charge in [-0.05, 0) is 50.1 Å². The molecule has 0 aromatic heterocycles. The summed E-state index contributed by atoms with van der Waals surface area (Å²) in [6.45, 7) is 5.90. The van der Waals surface area contributed by atoms with Crippen molar-refractivity contribution < 1.29 is 18.0 Å². The highest BCUT2D eigenvalue weighted by molar-refractivity contribution is 7.92. The Morgan fingerprint density at radius 1 is 1.12 bits per heavy atom. The number of carbonyl (C=O) groups excluding carboxylic acids is 2. The lowest BCUT2D eigenvalue weighted by Gasteiger charge is -2.31. The number of sulfonamides is 1. The fraction of sp³-hybridized carbons (Fsp3) is 0.417. The molecule has 0 aliphatic heterocycles. The normalized spacial score (nSPS) is 12.2. The van der Waals surface area contributed by atoms with E-state index in [0.717, 1.165) is 34.5 Å². The monoisotopic (exact) mass is 493 g/mol. The summed E-state index contributed by atoms with van der Waals surface area (Å²) in [6.07, 6.45) is 2.81. The van der Waals surface area contributed by atoms with Crippen molar-refractivity contribution in [1.82, 2.24) is 10.2 Å². The molecule has 7 nitrogen and oxygen atoms in total. The molecule has 2 aromatic carbocycles. The molecule has 33 heavy (non-hydrogen) atoms. The molecule has 2 aromatic rings. The highest BCUT2D eigenvalue weighted by Gasteiger charge is 2.30. The van der Waals surface area contributed by atoms with Crippen molar-refractivity contribution in [1.29, 1.82) is 0 Å². The summed E-state index contributed by atoms with van der Waals surface area (Å²) in [5, 5.41) is 3.31. The van der Waals surface area contributed by atoms with Crippen LogP contribution in [0.15, 0.2) is 48.5 Å². The Kier molecular flexibility index (Phi) is 9.73. The van der Waals surface area contributed by atoms with E-state index < -0.39 is 28.5 Å². The summed E-state index contributed by atoms with van der Waals surface area (Å²) >= 11 is 5.93. The molecule has 0 fully saturated rings. The van der Waals surface area contributed by atoms with Gasteiger partial charge in [-0.15, -0.1) is 0 Å². The highest BCUT2D eigenvalue weighted by Crippen LogP contribution is 2.21. The summed E-state index contributed by atoms with van der Waals surface area (Å²) in [5.41, 5.74) is 2.21. The molecule has 9 heteroatoms. The summed E-state index contributed by atoms with van der Waals surface area (Å²) in [4.78, 5) is 27.6. The zero-order valence-corrected chi connectivity index (χ0v) is 21.1. The van der Waals surface area contributed by atoms with Gasteiger partial charge in [-0.25, -0.2) is 8.42 Å². The lowest BCUT2D eigenvalue weighted by molar-refractivity contribution is -0.139. The van der Waals surface area contributed by atoms with Crippen LogP contribution < -0.4 is 9.62 Å². The Morgan fingerprint density at radius 3 is 2.36 bits per heavy atom. The van der Waals surface area contributed by atoms with E-state index in [0.29, 0.717) is 17.3 Å². The van der Waals surface area contributed by atoms with Crippen LogP contribution in [0.3, 0.4) is 0 Å². The number of benzene rings is 2. The molecule has 0 saturated carbocycles. The highest BCUT2D eigenvalue weighted by atomic mass is 35.5. The SMILES string of the molecule is CCCCNC(=O)C(C)N(Cc1cccc(C)c1)C(=O)CN(c1ccc(Cl)cc1)S(C)(=O)=O. The van der Waals surface area contributed by atoms with Gasteiger partial charge in [0, 0.05) is 18.1 Å². The van der Waals surface area contributed by atoms with Crippen LogP contribution in [0.2, 0.25) is 5.02 Å². The number of amides is 2. The number of nitrogens with zero attached hydrogens (tertiary/aromatic N) is 2. The van der Waals surface area contributed by atoms with E-state index in [4.69, 9.17) is 11.6 Å². The largest absolute Gasteiger partial charge is 0.354 e. The third-order valence-corrected chi connectivity index (χ3v) is 6.62. The van der Waals surface area contributed by atoms with Crippen LogP contribution in [-0.4, -0.2) is 50.5 Å². The number of aryl methyl sites for hydroxylation is 1. The first-order valence-electron chi connectivity index (χ1n) is 10.9. The van der Waals surface area contributed by atoms with E-state index in [1.54, 1.807) is 31.2 Å². The first-order valence-corrected chi connectivity index (χ1v) is 13.1. The standard InChI is InChI=1S/C24H32ClN3O4S/c1-5-6-14-26-24(30)19(3)27(16-20-9-7-8-18(2)15-20)23(29)17-28(33(4,31)32)22-12-10-21(25)11-13-22/h7-13,15,19H,5-6,14,16-17H2,1-4H3,(H,26,30). The topological polar surface area (TPSA) is 86.8 Å². The van der Waals surface area contributed by atoms with Crippen molar-refractivity contribution in [3.05, 3.63) is 64.7 Å². The van der Waals surface area contributed by atoms with Crippen molar-refractivity contribution in [3.8, 4) is 0 Å². The Hall–Kier alpha value is -2.58. The molecule has 0 aliphatic rings. The molecule has 1 atom stereocenters. The van der Waals surface area contributed by atoms with E-state index in [-0.39, 0.29) is 12.5 Å². The zero-order chi connectivity index (χ0) is 24.6. The van der Waals surface area contributed by atoms with Crippen LogP contribution in [0.4, 0.5) is 5.69 Å². The Balaban J connectivity index is 2.33. The lowest BCUT2D eigenvalue weighted by Crippen LogP contribution is -2.51. The second-order valence-electron chi connectivity index (χ2n) is 8.08. The van der Waals surface area contributed by atoms with Crippen LogP contribution in [0.25, 0.3) is 0 Å². The van der Waals surface area contributed by atoms with Crippen molar-refractivity contribution in [2.45, 2.75) is 46.2 Å². The Bertz CT molecular complexity index is 1060. The lowest BCUT2D eigenvalue weighted by atomic mass is 10.1. The molecule has 2 rings (SSSR count). The van der Waals surface area contributed by atoms with E-state index in [1.165, 1.54) is 4.90 Å². The number of rotatable bonds is 11. The van der Waals surface area contributed by atoms with Gasteiger partial charge in [0.25, 0.3) is 0 Å². The van der Waals surface area contributed by atoms with Gasteiger partial charge in [-0.3, -0.25) is 13.9 Å². The zero-order valence-electron chi connectivity index (χ0n) is 19.5. The van der Waals surface area contributed by atoms with E-state index in [2.05, 4.69) is 5.32 Å². The molecule has 0 radical (unpaired) electrons. The third kappa shape index (κ3) is 8.05. The van der Waals surface area contributed by atoms with Crippen molar-refractivity contribution >= 4 is 39.1 Å². The van der Waals surface area contributed by atoms with Gasteiger partial charge in [-0.1, -0.05) is 54.8 Å². The second-order valence-corrected chi connectivity index (χ2v) is 10.4. The Labute approximate surface area is 201 Å². The fourth-order valence-electron chi connectivity index (χ4n) is 3.35. The van der Waals surface area contributed by atoms with Crippen LogP contribution in [-0.2, 0) is 26.2 Å². The minimum Gasteiger partial charge on any atom is -0.354 e. The average molecular weight is 494 g/mol. The van der Waals surface area contributed by atoms with Crippen LogP contribution >= 0.6 is 11.6 Å². The van der Waals surface area contributed by atoms with Crippen LogP contribution in [0, 0.1) is 6.92 Å². The minimum absolute atomic E-state index is 0.182. The quantitative estimate of drug-likeness (QED) is 0.483. The average Bonchev–Trinajstić information content (AvgIpc) is 2.75. The van der Waals surface area contributed by atoms with Gasteiger partial charge in [0.2, 0.25) is 21.8 Å². The van der Waals surface area contributed by atoms with Crippen LogP contribution in [0.5, 0.6) is 0 Å². The molecule has 0 aliphatic carbocycles. The first-order chi connectivity index (χ1) is 15.5. The van der Waals surface area contributed by atoms with E-state index >= 15 is 0 Å². The molecule has 1 N–H and O–H groups in total. The molecule has 0 bridgehead atoms. The first kappa shape index (κ1) is 26.7. The van der Waals surface area contributed by atoms with Gasteiger partial charge < -0.3 is 10.2 Å². The van der Waals surface area contributed by atoms with Crippen molar-refractivity contribution in [2.75, 3.05) is 23.7 Å². The molecule has 0 spiro atoms. The maximum Gasteiger partial charge on any atom is 0.244 e. The van der Waals surface area contributed by atoms with Gasteiger partial charge in [0.05, 0.1) is 11.9 Å². The van der Waals surface area contributed by atoms with Gasteiger partial charge in [0.1, 0.15) is 12.6 Å². The molecule has 2 amide bonds. The molecule has 0 saturated heterocycles. The number of carbonyl (C=O) groups is 2. The van der Waals surface area contributed by atoms with Gasteiger partial charge >= 0.3 is 0 Å². The molecule has 1 unspecified atom stereocenters. The van der Waals surface area contributed by atoms with Crippen molar-refractivity contribution in [3.63, 3.8) is 0 Å². The summed E-state index contributed by atoms with van der Waals surface area (Å²) < 4.78 is 26.0. The smallest absolute Gasteiger partial charge is 0.244 e. The number of hydrogen-bond acceptors (Lipinski definition) is 4. The van der Waals surface area contributed by atoms with Crippen molar-refractivity contribution in [2.24, 2.45) is 0 Å². The molecular weight excluding hydrogens is 462 g/mol. The number of halogens is 1. The number of hydrogen-bond donors (Lipinski definition) is 1. The summed E-state index contributed by atoms with van der Waals surface area (Å²) in [7, 11) is -3.76. The van der Waals surface area contributed by atoms with E-state index in [1.807, 2.05) is 38.1 Å². The summed E-state index contributed by atoms with van der Waals surface area (Å²) in [5.74, 6) is -0.753. The van der Waals surface area contributed by atoms with Gasteiger partial charge in [0.15, 0.2) is 0 Å². The second kappa shape index (κ2) is 12.0. The maximum absolute atomic E-state index is 13.4. The minimum atomic E-state index is -3.76. The number of nitrogens with one attached hydrogen (secondary N) is 1. The van der Waals surface area contributed by atoms with Crippen LogP contribution in [0.1, 0.15) is 37.8 Å². The Morgan fingerprint density at radius 2 is 1.79 bits per heavy atom.